The van der Waals surface area contributed by atoms with Crippen LogP contribution in [0.5, 0.6) is 5.75 Å². The van der Waals surface area contributed by atoms with Crippen LogP contribution in [0.15, 0.2) is 24.3 Å². The highest BCUT2D eigenvalue weighted by molar-refractivity contribution is 5.33. The molecule has 17 heavy (non-hydrogen) atoms. The van der Waals surface area contributed by atoms with Crippen molar-refractivity contribution in [3.8, 4) is 5.75 Å². The molecule has 94 valence electrons. The van der Waals surface area contributed by atoms with Crippen LogP contribution in [0.3, 0.4) is 0 Å². The van der Waals surface area contributed by atoms with Gasteiger partial charge in [0.1, 0.15) is 5.75 Å². The molecule has 0 bridgehead atoms. The zero-order chi connectivity index (χ0) is 12.1. The van der Waals surface area contributed by atoms with Gasteiger partial charge in [-0.15, -0.1) is 0 Å². The van der Waals surface area contributed by atoms with Crippen molar-refractivity contribution in [3.05, 3.63) is 29.8 Å². The summed E-state index contributed by atoms with van der Waals surface area (Å²) in [6.45, 7) is 3.08. The van der Waals surface area contributed by atoms with Gasteiger partial charge in [-0.1, -0.05) is 31.0 Å². The lowest BCUT2D eigenvalue weighted by Crippen LogP contribution is -2.22. The van der Waals surface area contributed by atoms with E-state index in [4.69, 9.17) is 4.74 Å². The Balaban J connectivity index is 2.01. The van der Waals surface area contributed by atoms with Gasteiger partial charge in [-0.3, -0.25) is 0 Å². The van der Waals surface area contributed by atoms with Crippen LogP contribution in [0.2, 0.25) is 0 Å². The summed E-state index contributed by atoms with van der Waals surface area (Å²) in [6.07, 6.45) is 5.74. The molecule has 1 aromatic carbocycles. The lowest BCUT2D eigenvalue weighted by Gasteiger charge is -2.22. The zero-order valence-corrected chi connectivity index (χ0v) is 10.9. The summed E-state index contributed by atoms with van der Waals surface area (Å²) >= 11 is 0. The Morgan fingerprint density at radius 3 is 2.71 bits per heavy atom. The van der Waals surface area contributed by atoms with E-state index in [0.29, 0.717) is 6.10 Å². The molecule has 2 heteroatoms. The van der Waals surface area contributed by atoms with E-state index in [1.807, 2.05) is 7.05 Å². The summed E-state index contributed by atoms with van der Waals surface area (Å²) in [6, 6.07) is 8.33. The molecule has 0 saturated heterocycles. The number of ether oxygens (including phenoxy) is 1. The lowest BCUT2D eigenvalue weighted by atomic mass is 10.0. The minimum atomic E-state index is 0.343. The topological polar surface area (TPSA) is 21.3 Å². The summed E-state index contributed by atoms with van der Waals surface area (Å²) in [5, 5.41) is 3.19. The molecule has 0 radical (unpaired) electrons. The van der Waals surface area contributed by atoms with Crippen molar-refractivity contribution in [2.45, 2.75) is 45.3 Å². The monoisotopic (exact) mass is 233 g/mol. The molecule has 0 spiro atoms. The first-order chi connectivity index (χ1) is 8.31. The molecule has 0 heterocycles. The van der Waals surface area contributed by atoms with Crippen LogP contribution in [0.25, 0.3) is 0 Å². The third-order valence-corrected chi connectivity index (χ3v) is 3.72. The molecule has 0 aromatic heterocycles. The van der Waals surface area contributed by atoms with E-state index in [1.165, 1.54) is 31.2 Å². The zero-order valence-electron chi connectivity index (χ0n) is 10.9. The van der Waals surface area contributed by atoms with Crippen LogP contribution in [0, 0.1) is 5.92 Å². The Hall–Kier alpha value is -1.02. The van der Waals surface area contributed by atoms with E-state index < -0.39 is 0 Å². The van der Waals surface area contributed by atoms with Crippen LogP contribution in [-0.4, -0.2) is 13.2 Å². The summed E-state index contributed by atoms with van der Waals surface area (Å²) in [7, 11) is 1.97. The molecule has 0 aliphatic heterocycles. The van der Waals surface area contributed by atoms with E-state index in [1.54, 1.807) is 0 Å². The quantitative estimate of drug-likeness (QED) is 0.842. The van der Waals surface area contributed by atoms with E-state index in [9.17, 15) is 0 Å². The first kappa shape index (κ1) is 12.4. The van der Waals surface area contributed by atoms with Gasteiger partial charge in [0.25, 0.3) is 0 Å². The van der Waals surface area contributed by atoms with Crippen LogP contribution in [0.4, 0.5) is 0 Å². The lowest BCUT2D eigenvalue weighted by molar-refractivity contribution is 0.152. The molecule has 1 aromatic rings. The minimum absolute atomic E-state index is 0.343. The van der Waals surface area contributed by atoms with Crippen LogP contribution in [-0.2, 0) is 6.54 Å². The van der Waals surface area contributed by atoms with Crippen molar-refractivity contribution in [1.82, 2.24) is 5.32 Å². The van der Waals surface area contributed by atoms with Gasteiger partial charge in [-0.25, -0.2) is 0 Å². The average molecular weight is 233 g/mol. The SMILES string of the molecule is CNCc1ccccc1OC(C)C1CCCC1. The fourth-order valence-corrected chi connectivity index (χ4v) is 2.68. The molecule has 1 saturated carbocycles. The average Bonchev–Trinajstić information content (AvgIpc) is 2.85. The maximum absolute atomic E-state index is 6.14. The smallest absolute Gasteiger partial charge is 0.124 e. The van der Waals surface area contributed by atoms with Gasteiger partial charge in [-0.05, 0) is 38.8 Å². The highest BCUT2D eigenvalue weighted by Crippen LogP contribution is 2.30. The second-order valence-electron chi connectivity index (χ2n) is 5.01. The predicted molar refractivity (Wildman–Crippen MR) is 71.3 cm³/mol. The standard InChI is InChI=1S/C15H23NO/c1-12(13-7-3-4-8-13)17-15-10-6-5-9-14(15)11-16-2/h5-6,9-10,12-13,16H,3-4,7-8,11H2,1-2H3. The second kappa shape index (κ2) is 6.06. The fraction of sp³-hybridized carbons (Fsp3) is 0.600. The van der Waals surface area contributed by atoms with Crippen LogP contribution < -0.4 is 10.1 Å². The van der Waals surface area contributed by atoms with Crippen molar-refractivity contribution >= 4 is 0 Å². The second-order valence-corrected chi connectivity index (χ2v) is 5.01. The molecule has 1 aliphatic carbocycles. The van der Waals surface area contributed by atoms with Crippen molar-refractivity contribution in [1.29, 1.82) is 0 Å². The molecule has 1 N–H and O–H groups in total. The molecule has 1 aliphatic rings. The van der Waals surface area contributed by atoms with Gasteiger partial charge in [0.15, 0.2) is 0 Å². The molecule has 0 amide bonds. The molecule has 1 unspecified atom stereocenters. The fourth-order valence-electron chi connectivity index (χ4n) is 2.68. The number of hydrogen-bond acceptors (Lipinski definition) is 2. The van der Waals surface area contributed by atoms with Crippen LogP contribution >= 0.6 is 0 Å². The summed E-state index contributed by atoms with van der Waals surface area (Å²) in [4.78, 5) is 0. The van der Waals surface area contributed by atoms with E-state index in [-0.39, 0.29) is 0 Å². The summed E-state index contributed by atoms with van der Waals surface area (Å²) < 4.78 is 6.14. The van der Waals surface area contributed by atoms with Crippen molar-refractivity contribution < 1.29 is 4.74 Å². The minimum Gasteiger partial charge on any atom is -0.490 e. The summed E-state index contributed by atoms with van der Waals surface area (Å²) in [5.41, 5.74) is 1.25. The molecular weight excluding hydrogens is 210 g/mol. The highest BCUT2D eigenvalue weighted by Gasteiger charge is 2.23. The number of nitrogens with one attached hydrogen (secondary N) is 1. The number of benzene rings is 1. The van der Waals surface area contributed by atoms with Gasteiger partial charge in [-0.2, -0.15) is 0 Å². The molecule has 2 nitrogen and oxygen atoms in total. The molecule has 1 fully saturated rings. The predicted octanol–water partition coefficient (Wildman–Crippen LogP) is 3.36. The third-order valence-electron chi connectivity index (χ3n) is 3.72. The van der Waals surface area contributed by atoms with Gasteiger partial charge in [0, 0.05) is 12.1 Å². The van der Waals surface area contributed by atoms with Crippen molar-refractivity contribution in [2.24, 2.45) is 5.92 Å². The normalized spacial score (nSPS) is 18.2. The Kier molecular flexibility index (Phi) is 4.43. The highest BCUT2D eigenvalue weighted by atomic mass is 16.5. The van der Waals surface area contributed by atoms with Gasteiger partial charge in [0.05, 0.1) is 6.10 Å². The first-order valence-electron chi connectivity index (χ1n) is 6.70. The maximum Gasteiger partial charge on any atom is 0.124 e. The number of rotatable bonds is 5. The largest absolute Gasteiger partial charge is 0.490 e. The maximum atomic E-state index is 6.14. The molecule has 2 rings (SSSR count). The third kappa shape index (κ3) is 3.22. The van der Waals surface area contributed by atoms with Gasteiger partial charge in [0.2, 0.25) is 0 Å². The van der Waals surface area contributed by atoms with Crippen molar-refractivity contribution in [2.75, 3.05) is 7.05 Å². The van der Waals surface area contributed by atoms with Crippen molar-refractivity contribution in [3.63, 3.8) is 0 Å². The summed E-state index contributed by atoms with van der Waals surface area (Å²) in [5.74, 6) is 1.79. The Morgan fingerprint density at radius 2 is 2.00 bits per heavy atom. The van der Waals surface area contributed by atoms with Crippen LogP contribution in [0.1, 0.15) is 38.2 Å². The Bertz CT molecular complexity index is 345. The van der Waals surface area contributed by atoms with E-state index in [2.05, 4.69) is 36.5 Å². The number of para-hydroxylation sites is 1. The first-order valence-corrected chi connectivity index (χ1v) is 6.70. The van der Waals surface area contributed by atoms with Gasteiger partial charge < -0.3 is 10.1 Å². The Morgan fingerprint density at radius 1 is 1.29 bits per heavy atom. The number of hydrogen-bond donors (Lipinski definition) is 1. The van der Waals surface area contributed by atoms with E-state index >= 15 is 0 Å². The van der Waals surface area contributed by atoms with E-state index in [0.717, 1.165) is 18.2 Å². The molecular formula is C15H23NO. The molecule has 1 atom stereocenters. The van der Waals surface area contributed by atoms with Gasteiger partial charge >= 0.3 is 0 Å². The Labute approximate surface area is 104 Å².